The lowest BCUT2D eigenvalue weighted by atomic mass is 9.89. The predicted octanol–water partition coefficient (Wildman–Crippen LogP) is 2.67. The standard InChI is InChI=1S/C13H18O2/c1-10(9-13(2,3)15)12(14)11-7-5-4-6-8-11/h4-8,10,15H,9H2,1-3H3. The van der Waals surface area contributed by atoms with E-state index in [1.165, 1.54) is 0 Å². The van der Waals surface area contributed by atoms with Crippen molar-refractivity contribution in [3.63, 3.8) is 0 Å². The van der Waals surface area contributed by atoms with Crippen molar-refractivity contribution >= 4 is 5.78 Å². The molecule has 0 amide bonds. The van der Waals surface area contributed by atoms with Crippen molar-refractivity contribution in [3.05, 3.63) is 35.9 Å². The largest absolute Gasteiger partial charge is 0.390 e. The van der Waals surface area contributed by atoms with E-state index in [0.717, 1.165) is 0 Å². The van der Waals surface area contributed by atoms with Crippen LogP contribution in [0.3, 0.4) is 0 Å². The summed E-state index contributed by atoms with van der Waals surface area (Å²) in [6.07, 6.45) is 0.487. The summed E-state index contributed by atoms with van der Waals surface area (Å²) in [5, 5.41) is 9.63. The van der Waals surface area contributed by atoms with Gasteiger partial charge in [0.25, 0.3) is 0 Å². The molecule has 0 aromatic heterocycles. The third-order valence-corrected chi connectivity index (χ3v) is 2.31. The zero-order valence-corrected chi connectivity index (χ0v) is 9.53. The van der Waals surface area contributed by atoms with E-state index in [0.29, 0.717) is 12.0 Å². The monoisotopic (exact) mass is 206 g/mol. The lowest BCUT2D eigenvalue weighted by Gasteiger charge is -2.21. The number of hydrogen-bond acceptors (Lipinski definition) is 2. The summed E-state index contributed by atoms with van der Waals surface area (Å²) in [7, 11) is 0. The van der Waals surface area contributed by atoms with Gasteiger partial charge in [-0.25, -0.2) is 0 Å². The molecule has 1 rings (SSSR count). The van der Waals surface area contributed by atoms with Gasteiger partial charge in [0, 0.05) is 11.5 Å². The van der Waals surface area contributed by atoms with E-state index < -0.39 is 5.60 Å². The zero-order valence-electron chi connectivity index (χ0n) is 9.53. The first-order valence-corrected chi connectivity index (χ1v) is 5.22. The molecule has 0 saturated heterocycles. The van der Waals surface area contributed by atoms with Crippen LogP contribution in [0.4, 0.5) is 0 Å². The highest BCUT2D eigenvalue weighted by Crippen LogP contribution is 2.19. The van der Waals surface area contributed by atoms with E-state index in [1.807, 2.05) is 37.3 Å². The fourth-order valence-corrected chi connectivity index (χ4v) is 1.73. The molecule has 2 nitrogen and oxygen atoms in total. The Morgan fingerprint density at radius 1 is 1.33 bits per heavy atom. The van der Waals surface area contributed by atoms with Crippen LogP contribution in [0.15, 0.2) is 30.3 Å². The number of carbonyl (C=O) groups excluding carboxylic acids is 1. The highest BCUT2D eigenvalue weighted by Gasteiger charge is 2.22. The number of carbonyl (C=O) groups is 1. The van der Waals surface area contributed by atoms with Crippen molar-refractivity contribution in [2.45, 2.75) is 32.8 Å². The number of hydrogen-bond donors (Lipinski definition) is 1. The molecule has 0 aliphatic rings. The number of Topliss-reactive ketones (excluding diaryl/α,β-unsaturated/α-hetero) is 1. The quantitative estimate of drug-likeness (QED) is 0.769. The molecule has 1 unspecified atom stereocenters. The summed E-state index contributed by atoms with van der Waals surface area (Å²) >= 11 is 0. The Labute approximate surface area is 90.9 Å². The Morgan fingerprint density at radius 3 is 2.33 bits per heavy atom. The minimum absolute atomic E-state index is 0.0951. The molecule has 2 heteroatoms. The topological polar surface area (TPSA) is 37.3 Å². The van der Waals surface area contributed by atoms with Crippen molar-refractivity contribution in [2.24, 2.45) is 5.92 Å². The number of rotatable bonds is 4. The molecule has 0 fully saturated rings. The molecule has 1 aromatic carbocycles. The van der Waals surface area contributed by atoms with Crippen molar-refractivity contribution < 1.29 is 9.90 Å². The van der Waals surface area contributed by atoms with Crippen LogP contribution in [-0.4, -0.2) is 16.5 Å². The summed E-state index contributed by atoms with van der Waals surface area (Å²) in [6.45, 7) is 5.30. The zero-order chi connectivity index (χ0) is 11.5. The molecular weight excluding hydrogens is 188 g/mol. The number of aliphatic hydroxyl groups is 1. The van der Waals surface area contributed by atoms with Gasteiger partial charge < -0.3 is 5.11 Å². The van der Waals surface area contributed by atoms with Gasteiger partial charge in [-0.2, -0.15) is 0 Å². The van der Waals surface area contributed by atoms with E-state index in [4.69, 9.17) is 0 Å². The molecule has 0 radical (unpaired) electrons. The van der Waals surface area contributed by atoms with Gasteiger partial charge in [-0.1, -0.05) is 37.3 Å². The van der Waals surface area contributed by atoms with Gasteiger partial charge in [0.15, 0.2) is 5.78 Å². The molecule has 0 saturated carbocycles. The highest BCUT2D eigenvalue weighted by molar-refractivity contribution is 5.97. The first kappa shape index (κ1) is 11.9. The Bertz CT molecular complexity index is 322. The lowest BCUT2D eigenvalue weighted by molar-refractivity contribution is 0.0498. The predicted molar refractivity (Wildman–Crippen MR) is 60.9 cm³/mol. The van der Waals surface area contributed by atoms with Gasteiger partial charge in [0.2, 0.25) is 0 Å². The second kappa shape index (κ2) is 4.58. The van der Waals surface area contributed by atoms with E-state index in [2.05, 4.69) is 0 Å². The summed E-state index contributed by atoms with van der Waals surface area (Å²) in [5.41, 5.74) is -0.0709. The average Bonchev–Trinajstić information content (AvgIpc) is 2.15. The second-order valence-electron chi connectivity index (χ2n) is 4.65. The smallest absolute Gasteiger partial charge is 0.165 e. The normalized spacial score (nSPS) is 13.6. The minimum Gasteiger partial charge on any atom is -0.390 e. The summed E-state index contributed by atoms with van der Waals surface area (Å²) < 4.78 is 0. The van der Waals surface area contributed by atoms with Crippen LogP contribution in [-0.2, 0) is 0 Å². The average molecular weight is 206 g/mol. The van der Waals surface area contributed by atoms with Gasteiger partial charge >= 0.3 is 0 Å². The molecular formula is C13H18O2. The Hall–Kier alpha value is -1.15. The molecule has 0 bridgehead atoms. The first-order valence-electron chi connectivity index (χ1n) is 5.22. The minimum atomic E-state index is -0.788. The van der Waals surface area contributed by atoms with Crippen molar-refractivity contribution in [3.8, 4) is 0 Å². The maximum atomic E-state index is 11.9. The van der Waals surface area contributed by atoms with Crippen molar-refractivity contribution in [1.29, 1.82) is 0 Å². The van der Waals surface area contributed by atoms with E-state index in [1.54, 1.807) is 13.8 Å². The fraction of sp³-hybridized carbons (Fsp3) is 0.462. The highest BCUT2D eigenvalue weighted by atomic mass is 16.3. The molecule has 1 aromatic rings. The Balaban J connectivity index is 2.70. The Morgan fingerprint density at radius 2 is 1.87 bits per heavy atom. The third-order valence-electron chi connectivity index (χ3n) is 2.31. The molecule has 1 atom stereocenters. The van der Waals surface area contributed by atoms with Gasteiger partial charge in [0.05, 0.1) is 5.60 Å². The second-order valence-corrected chi connectivity index (χ2v) is 4.65. The maximum absolute atomic E-state index is 11.9. The van der Waals surface area contributed by atoms with E-state index >= 15 is 0 Å². The van der Waals surface area contributed by atoms with Gasteiger partial charge in [-0.3, -0.25) is 4.79 Å². The SMILES string of the molecule is CC(CC(C)(C)O)C(=O)c1ccccc1. The van der Waals surface area contributed by atoms with Crippen LogP contribution in [0.5, 0.6) is 0 Å². The van der Waals surface area contributed by atoms with Crippen LogP contribution in [0, 0.1) is 5.92 Å². The molecule has 0 heterocycles. The van der Waals surface area contributed by atoms with Crippen LogP contribution in [0.1, 0.15) is 37.6 Å². The summed E-state index contributed by atoms with van der Waals surface area (Å²) in [6, 6.07) is 9.21. The van der Waals surface area contributed by atoms with Crippen LogP contribution in [0.25, 0.3) is 0 Å². The van der Waals surface area contributed by atoms with Gasteiger partial charge in [-0.05, 0) is 20.3 Å². The lowest BCUT2D eigenvalue weighted by Crippen LogP contribution is -2.26. The first-order chi connectivity index (χ1) is 6.90. The van der Waals surface area contributed by atoms with Crippen molar-refractivity contribution in [1.82, 2.24) is 0 Å². The van der Waals surface area contributed by atoms with Crippen LogP contribution < -0.4 is 0 Å². The van der Waals surface area contributed by atoms with Gasteiger partial charge in [0.1, 0.15) is 0 Å². The molecule has 15 heavy (non-hydrogen) atoms. The molecule has 0 spiro atoms. The molecule has 82 valence electrons. The molecule has 0 aliphatic carbocycles. The summed E-state index contributed by atoms with van der Waals surface area (Å²) in [5.74, 6) is -0.0508. The Kier molecular flexibility index (Phi) is 3.64. The number of benzene rings is 1. The van der Waals surface area contributed by atoms with Crippen LogP contribution >= 0.6 is 0 Å². The van der Waals surface area contributed by atoms with Crippen molar-refractivity contribution in [2.75, 3.05) is 0 Å². The molecule has 0 aliphatic heterocycles. The third kappa shape index (κ3) is 3.84. The summed E-state index contributed by atoms with van der Waals surface area (Å²) in [4.78, 5) is 11.9. The maximum Gasteiger partial charge on any atom is 0.165 e. The number of ketones is 1. The molecule has 1 N–H and O–H groups in total. The van der Waals surface area contributed by atoms with Gasteiger partial charge in [-0.15, -0.1) is 0 Å². The van der Waals surface area contributed by atoms with E-state index in [9.17, 15) is 9.90 Å². The van der Waals surface area contributed by atoms with E-state index in [-0.39, 0.29) is 11.7 Å². The fourth-order valence-electron chi connectivity index (χ4n) is 1.73. The van der Waals surface area contributed by atoms with Crippen LogP contribution in [0.2, 0.25) is 0 Å².